The molecule has 25 heavy (non-hydrogen) atoms. The number of hydrogen-bond donors (Lipinski definition) is 0. The van der Waals surface area contributed by atoms with Crippen LogP contribution in [-0.4, -0.2) is 44.7 Å². The minimum Gasteiger partial charge on any atom is -0.468 e. The van der Waals surface area contributed by atoms with E-state index >= 15 is 0 Å². The van der Waals surface area contributed by atoms with E-state index in [0.29, 0.717) is 11.1 Å². The van der Waals surface area contributed by atoms with Crippen molar-refractivity contribution in [2.24, 2.45) is 0 Å². The second kappa shape index (κ2) is 8.69. The molecular formula is C19H21F2NO3. The van der Waals surface area contributed by atoms with E-state index in [-0.39, 0.29) is 18.2 Å². The van der Waals surface area contributed by atoms with Crippen LogP contribution in [0.3, 0.4) is 0 Å². The van der Waals surface area contributed by atoms with E-state index in [1.54, 1.807) is 43.3 Å². The zero-order valence-electron chi connectivity index (χ0n) is 14.4. The van der Waals surface area contributed by atoms with Crippen molar-refractivity contribution in [2.45, 2.75) is 12.1 Å². The summed E-state index contributed by atoms with van der Waals surface area (Å²) in [4.78, 5) is 13.6. The molecule has 2 aromatic carbocycles. The van der Waals surface area contributed by atoms with Gasteiger partial charge >= 0.3 is 5.97 Å². The third kappa shape index (κ3) is 5.08. The second-order valence-corrected chi connectivity index (χ2v) is 5.82. The zero-order valence-corrected chi connectivity index (χ0v) is 14.4. The molecule has 0 amide bonds. The molecule has 2 aromatic rings. The van der Waals surface area contributed by atoms with Crippen LogP contribution >= 0.6 is 0 Å². The molecule has 0 aliphatic heterocycles. The van der Waals surface area contributed by atoms with Gasteiger partial charge in [0, 0.05) is 0 Å². The molecule has 0 aliphatic carbocycles. The lowest BCUT2D eigenvalue weighted by Crippen LogP contribution is -2.40. The fraction of sp³-hybridized carbons (Fsp3) is 0.316. The Kier molecular flexibility index (Phi) is 6.61. The molecule has 134 valence electrons. The van der Waals surface area contributed by atoms with Crippen molar-refractivity contribution in [3.05, 3.63) is 71.3 Å². The molecule has 0 heterocycles. The number of nitrogens with zero attached hydrogens (tertiary/aromatic N) is 1. The smallest absolute Gasteiger partial charge is 0.325 e. The highest BCUT2D eigenvalue weighted by molar-refractivity contribution is 5.75. The van der Waals surface area contributed by atoms with Crippen LogP contribution in [0, 0.1) is 11.6 Å². The van der Waals surface area contributed by atoms with Gasteiger partial charge in [-0.15, -0.1) is 0 Å². The first-order chi connectivity index (χ1) is 11.9. The van der Waals surface area contributed by atoms with Gasteiger partial charge in [0.25, 0.3) is 0 Å². The fourth-order valence-corrected chi connectivity index (χ4v) is 2.41. The molecule has 0 fully saturated rings. The van der Waals surface area contributed by atoms with Crippen molar-refractivity contribution >= 4 is 5.97 Å². The van der Waals surface area contributed by atoms with Gasteiger partial charge in [0.05, 0.1) is 13.7 Å². The maximum atomic E-state index is 13.2. The summed E-state index contributed by atoms with van der Waals surface area (Å²) in [6.45, 7) is 0.0685. The highest BCUT2D eigenvalue weighted by atomic mass is 19.1. The number of likely N-dealkylation sites (N-methyl/N-ethyl adjacent to an activating group) is 1. The largest absolute Gasteiger partial charge is 0.468 e. The first kappa shape index (κ1) is 19.0. The molecule has 0 aromatic heterocycles. The van der Waals surface area contributed by atoms with E-state index < -0.39 is 18.1 Å². The van der Waals surface area contributed by atoms with Crippen molar-refractivity contribution in [2.75, 3.05) is 27.8 Å². The van der Waals surface area contributed by atoms with Gasteiger partial charge in [-0.25, -0.2) is 8.78 Å². The quantitative estimate of drug-likeness (QED) is 0.720. The summed E-state index contributed by atoms with van der Waals surface area (Å²) < 4.78 is 37.2. The molecule has 0 spiro atoms. The van der Waals surface area contributed by atoms with E-state index in [1.807, 2.05) is 0 Å². The van der Waals surface area contributed by atoms with E-state index in [9.17, 15) is 13.6 Å². The van der Waals surface area contributed by atoms with Crippen LogP contribution < -0.4 is 0 Å². The van der Waals surface area contributed by atoms with Gasteiger partial charge in [0.1, 0.15) is 23.8 Å². The number of carbonyl (C=O) groups is 1. The number of ether oxygens (including phenoxy) is 2. The lowest BCUT2D eigenvalue weighted by Gasteiger charge is -2.25. The standard InChI is InChI=1S/C19H21F2NO3/c1-22(2)17(19(23)24-3)12-25-18(13-4-8-15(20)9-5-13)14-6-10-16(21)11-7-14/h4-11,17-18H,12H2,1-3H3. The number of hydrogen-bond acceptors (Lipinski definition) is 4. The van der Waals surface area contributed by atoms with E-state index in [4.69, 9.17) is 9.47 Å². The van der Waals surface area contributed by atoms with Crippen LogP contribution in [0.2, 0.25) is 0 Å². The van der Waals surface area contributed by atoms with E-state index in [0.717, 1.165) is 0 Å². The Balaban J connectivity index is 2.26. The van der Waals surface area contributed by atoms with Crippen molar-refractivity contribution < 1.29 is 23.0 Å². The van der Waals surface area contributed by atoms with Crippen molar-refractivity contribution in [3.8, 4) is 0 Å². The highest BCUT2D eigenvalue weighted by Gasteiger charge is 2.25. The molecule has 0 saturated carbocycles. The molecule has 1 atom stereocenters. The minimum atomic E-state index is -0.589. The van der Waals surface area contributed by atoms with Crippen molar-refractivity contribution in [1.29, 1.82) is 0 Å². The first-order valence-electron chi connectivity index (χ1n) is 7.79. The number of carbonyl (C=O) groups excluding carboxylic acids is 1. The minimum absolute atomic E-state index is 0.0685. The van der Waals surface area contributed by atoms with Gasteiger partial charge < -0.3 is 9.47 Å². The Morgan fingerprint density at radius 2 is 1.40 bits per heavy atom. The second-order valence-electron chi connectivity index (χ2n) is 5.82. The molecule has 0 saturated heterocycles. The molecule has 2 rings (SSSR count). The van der Waals surface area contributed by atoms with Gasteiger partial charge in [-0.05, 0) is 49.5 Å². The summed E-state index contributed by atoms with van der Waals surface area (Å²) in [5, 5.41) is 0. The lowest BCUT2D eigenvalue weighted by atomic mass is 10.0. The highest BCUT2D eigenvalue weighted by Crippen LogP contribution is 2.27. The lowest BCUT2D eigenvalue weighted by molar-refractivity contribution is -0.148. The van der Waals surface area contributed by atoms with Gasteiger partial charge in [-0.1, -0.05) is 24.3 Å². The normalized spacial score (nSPS) is 12.4. The van der Waals surface area contributed by atoms with Gasteiger partial charge in [-0.2, -0.15) is 0 Å². The van der Waals surface area contributed by atoms with Gasteiger partial charge in [-0.3, -0.25) is 9.69 Å². The Morgan fingerprint density at radius 1 is 0.960 bits per heavy atom. The van der Waals surface area contributed by atoms with Crippen LogP contribution in [0.25, 0.3) is 0 Å². The SMILES string of the molecule is COC(=O)C(COC(c1ccc(F)cc1)c1ccc(F)cc1)N(C)C. The summed E-state index contributed by atoms with van der Waals surface area (Å²) in [7, 11) is 4.81. The predicted octanol–water partition coefficient (Wildman–Crippen LogP) is 3.17. The fourth-order valence-electron chi connectivity index (χ4n) is 2.41. The zero-order chi connectivity index (χ0) is 18.4. The molecule has 0 bridgehead atoms. The summed E-state index contributed by atoms with van der Waals surface area (Å²) in [6, 6.07) is 11.2. The molecule has 0 N–H and O–H groups in total. The predicted molar refractivity (Wildman–Crippen MR) is 90.1 cm³/mol. The molecular weight excluding hydrogens is 328 g/mol. The maximum Gasteiger partial charge on any atom is 0.325 e. The summed E-state index contributed by atoms with van der Waals surface area (Å²) >= 11 is 0. The van der Waals surface area contributed by atoms with Crippen LogP contribution in [-0.2, 0) is 14.3 Å². The molecule has 0 aliphatic rings. The number of rotatable bonds is 7. The number of esters is 1. The Hall–Kier alpha value is -2.31. The van der Waals surface area contributed by atoms with E-state index in [1.165, 1.54) is 31.4 Å². The summed E-state index contributed by atoms with van der Waals surface area (Å²) in [5.41, 5.74) is 1.41. The van der Waals surface area contributed by atoms with Crippen LogP contribution in [0.5, 0.6) is 0 Å². The van der Waals surface area contributed by atoms with Crippen molar-refractivity contribution in [1.82, 2.24) is 4.90 Å². The third-order valence-corrected chi connectivity index (χ3v) is 3.86. The number of benzene rings is 2. The average Bonchev–Trinajstić information content (AvgIpc) is 2.60. The Morgan fingerprint density at radius 3 is 1.76 bits per heavy atom. The topological polar surface area (TPSA) is 38.8 Å². The molecule has 0 radical (unpaired) electrons. The molecule has 6 heteroatoms. The summed E-state index contributed by atoms with van der Waals surface area (Å²) in [5.74, 6) is -1.13. The van der Waals surface area contributed by atoms with Crippen LogP contribution in [0.1, 0.15) is 17.2 Å². The number of methoxy groups -OCH3 is 1. The third-order valence-electron chi connectivity index (χ3n) is 3.86. The monoisotopic (exact) mass is 349 g/mol. The molecule has 1 unspecified atom stereocenters. The first-order valence-corrected chi connectivity index (χ1v) is 7.79. The van der Waals surface area contributed by atoms with Gasteiger partial charge in [0.2, 0.25) is 0 Å². The Labute approximate surface area is 146 Å². The van der Waals surface area contributed by atoms with Crippen LogP contribution in [0.4, 0.5) is 8.78 Å². The number of halogens is 2. The Bertz CT molecular complexity index is 641. The van der Waals surface area contributed by atoms with Crippen LogP contribution in [0.15, 0.2) is 48.5 Å². The maximum absolute atomic E-state index is 13.2. The summed E-state index contributed by atoms with van der Waals surface area (Å²) in [6.07, 6.45) is -0.562. The average molecular weight is 349 g/mol. The van der Waals surface area contributed by atoms with E-state index in [2.05, 4.69) is 0 Å². The van der Waals surface area contributed by atoms with Gasteiger partial charge in [0.15, 0.2) is 0 Å². The van der Waals surface area contributed by atoms with Crippen molar-refractivity contribution in [3.63, 3.8) is 0 Å². The molecule has 4 nitrogen and oxygen atoms in total.